The molecular formula is C12H10F6O4S. The van der Waals surface area contributed by atoms with Gasteiger partial charge in [0.15, 0.2) is 32.0 Å². The van der Waals surface area contributed by atoms with E-state index in [1.165, 1.54) is 0 Å². The van der Waals surface area contributed by atoms with Gasteiger partial charge >= 0.3 is 12.1 Å². The van der Waals surface area contributed by atoms with E-state index in [9.17, 15) is 39.6 Å². The number of carboxylic acids is 1. The summed E-state index contributed by atoms with van der Waals surface area (Å²) < 4.78 is 96.8. The maximum atomic E-state index is 13.2. The molecule has 0 radical (unpaired) electrons. The smallest absolute Gasteiger partial charge is 0.390 e. The maximum absolute atomic E-state index is 13.2. The summed E-state index contributed by atoms with van der Waals surface area (Å²) in [6.07, 6.45) is -6.73. The predicted molar refractivity (Wildman–Crippen MR) is 65.8 cm³/mol. The van der Waals surface area contributed by atoms with Crippen LogP contribution in [0.1, 0.15) is 18.9 Å². The second-order valence-electron chi connectivity index (χ2n) is 4.78. The van der Waals surface area contributed by atoms with Crippen molar-refractivity contribution in [3.8, 4) is 0 Å². The first-order valence-corrected chi connectivity index (χ1v) is 7.55. The molecule has 0 amide bonds. The quantitative estimate of drug-likeness (QED) is 0.644. The van der Waals surface area contributed by atoms with Crippen molar-refractivity contribution in [1.82, 2.24) is 0 Å². The zero-order chi connectivity index (χ0) is 18.2. The third kappa shape index (κ3) is 3.77. The average molecular weight is 364 g/mol. The number of hydrogen-bond donors (Lipinski definition) is 1. The average Bonchev–Trinajstić information content (AvgIpc) is 2.40. The van der Waals surface area contributed by atoms with Crippen molar-refractivity contribution in [3.05, 3.63) is 35.1 Å². The molecule has 0 aliphatic rings. The van der Waals surface area contributed by atoms with Gasteiger partial charge in [0.2, 0.25) is 0 Å². The largest absolute Gasteiger partial charge is 0.480 e. The molecule has 0 saturated heterocycles. The summed E-state index contributed by atoms with van der Waals surface area (Å²) in [7, 11) is -5.03. The third-order valence-corrected chi connectivity index (χ3v) is 5.61. The Labute approximate surface area is 126 Å². The molecule has 4 nitrogen and oxygen atoms in total. The molecule has 1 rings (SSSR count). The second kappa shape index (κ2) is 6.02. The van der Waals surface area contributed by atoms with E-state index >= 15 is 0 Å². The fourth-order valence-electron chi connectivity index (χ4n) is 1.72. The lowest BCUT2D eigenvalue weighted by atomic mass is 10.00. The summed E-state index contributed by atoms with van der Waals surface area (Å²) >= 11 is 0. The summed E-state index contributed by atoms with van der Waals surface area (Å²) in [5, 5.41) is 9.10. The molecule has 0 saturated carbocycles. The van der Waals surface area contributed by atoms with Crippen LogP contribution in [0.5, 0.6) is 0 Å². The zero-order valence-electron chi connectivity index (χ0n) is 11.4. The fourth-order valence-corrected chi connectivity index (χ4v) is 3.37. The topological polar surface area (TPSA) is 71.4 Å². The molecule has 0 heterocycles. The van der Waals surface area contributed by atoms with E-state index < -0.39 is 61.9 Å². The van der Waals surface area contributed by atoms with Gasteiger partial charge in [-0.2, -0.15) is 13.2 Å². The minimum absolute atomic E-state index is 0.123. The Hall–Kier alpha value is -1.78. The van der Waals surface area contributed by atoms with Gasteiger partial charge < -0.3 is 5.11 Å². The summed E-state index contributed by atoms with van der Waals surface area (Å²) in [5.41, 5.74) is -1.02. The highest BCUT2D eigenvalue weighted by Crippen LogP contribution is 2.35. The van der Waals surface area contributed by atoms with Crippen LogP contribution in [0.3, 0.4) is 0 Å². The van der Waals surface area contributed by atoms with Crippen LogP contribution in [0.2, 0.25) is 0 Å². The van der Waals surface area contributed by atoms with Gasteiger partial charge in [-0.25, -0.2) is 21.6 Å². The number of benzene rings is 1. The van der Waals surface area contributed by atoms with E-state index in [4.69, 9.17) is 5.11 Å². The molecule has 0 bridgehead atoms. The summed E-state index contributed by atoms with van der Waals surface area (Å²) in [6.45, 7) is 0.479. The van der Waals surface area contributed by atoms with Crippen LogP contribution in [0.15, 0.2) is 12.1 Å². The van der Waals surface area contributed by atoms with E-state index in [0.717, 1.165) is 0 Å². The highest BCUT2D eigenvalue weighted by atomic mass is 32.2. The monoisotopic (exact) mass is 364 g/mol. The van der Waals surface area contributed by atoms with Gasteiger partial charge in [-0.1, -0.05) is 0 Å². The molecule has 130 valence electrons. The van der Waals surface area contributed by atoms with Crippen molar-refractivity contribution in [1.29, 1.82) is 0 Å². The highest BCUT2D eigenvalue weighted by molar-refractivity contribution is 7.93. The first-order chi connectivity index (χ1) is 10.2. The van der Waals surface area contributed by atoms with E-state index in [2.05, 4.69) is 0 Å². The van der Waals surface area contributed by atoms with Crippen LogP contribution in [-0.2, 0) is 19.4 Å². The molecule has 1 atom stereocenters. The molecule has 11 heteroatoms. The Kier molecular flexibility index (Phi) is 5.04. The Morgan fingerprint density at radius 3 is 1.91 bits per heavy atom. The molecule has 1 aromatic carbocycles. The van der Waals surface area contributed by atoms with Crippen molar-refractivity contribution in [2.75, 3.05) is 5.75 Å². The molecule has 0 aromatic heterocycles. The number of rotatable bonds is 5. The molecular weight excluding hydrogens is 354 g/mol. The minimum Gasteiger partial charge on any atom is -0.480 e. The lowest BCUT2D eigenvalue weighted by molar-refractivity contribution is -0.140. The van der Waals surface area contributed by atoms with Crippen LogP contribution < -0.4 is 0 Å². The number of hydrogen-bond acceptors (Lipinski definition) is 3. The number of carbonyl (C=O) groups is 1. The molecule has 0 aliphatic heterocycles. The van der Waals surface area contributed by atoms with Crippen LogP contribution in [0, 0.1) is 17.5 Å². The van der Waals surface area contributed by atoms with Gasteiger partial charge in [-0.05, 0) is 24.6 Å². The van der Waals surface area contributed by atoms with Crippen molar-refractivity contribution < 1.29 is 44.7 Å². The zero-order valence-corrected chi connectivity index (χ0v) is 12.2. The van der Waals surface area contributed by atoms with Gasteiger partial charge in [0.25, 0.3) is 0 Å². The fraction of sp³-hybridized carbons (Fsp3) is 0.417. The Morgan fingerprint density at radius 1 is 1.13 bits per heavy atom. The van der Waals surface area contributed by atoms with Gasteiger partial charge in [-0.3, -0.25) is 4.79 Å². The van der Waals surface area contributed by atoms with Crippen LogP contribution in [-0.4, -0.2) is 31.4 Å². The SMILES string of the molecule is CC(C(=O)O)(c1cc(F)c(F)c(F)c1)S(=O)(=O)CCC(F)(F)F. The molecule has 23 heavy (non-hydrogen) atoms. The molecule has 0 aliphatic carbocycles. The first kappa shape index (κ1) is 19.3. The van der Waals surface area contributed by atoms with Crippen molar-refractivity contribution >= 4 is 15.8 Å². The summed E-state index contributed by atoms with van der Waals surface area (Å²) in [4.78, 5) is 11.3. The van der Waals surface area contributed by atoms with Gasteiger partial charge in [-0.15, -0.1) is 0 Å². The van der Waals surface area contributed by atoms with Crippen molar-refractivity contribution in [3.63, 3.8) is 0 Å². The van der Waals surface area contributed by atoms with Gasteiger partial charge in [0.1, 0.15) is 0 Å². The first-order valence-electron chi connectivity index (χ1n) is 5.90. The van der Waals surface area contributed by atoms with Gasteiger partial charge in [0, 0.05) is 0 Å². The van der Waals surface area contributed by atoms with E-state index in [0.29, 0.717) is 6.92 Å². The third-order valence-electron chi connectivity index (χ3n) is 3.22. The number of sulfone groups is 1. The second-order valence-corrected chi connectivity index (χ2v) is 7.23. The summed E-state index contributed by atoms with van der Waals surface area (Å²) in [5.74, 6) is -9.45. The maximum Gasteiger partial charge on any atom is 0.390 e. The Balaban J connectivity index is 3.47. The molecule has 1 aromatic rings. The number of halogens is 6. The summed E-state index contributed by atoms with van der Waals surface area (Å²) in [6, 6.07) is 0.245. The normalized spacial score (nSPS) is 15.3. The standard InChI is InChI=1S/C12H10F6O4S/c1-11(10(19)20,23(21,22)3-2-12(16,17)18)6-4-7(13)9(15)8(14)5-6/h4-5H,2-3H2,1H3,(H,19,20). The predicted octanol–water partition coefficient (Wildman–Crippen LogP) is 2.77. The lowest BCUT2D eigenvalue weighted by Gasteiger charge is -2.26. The lowest BCUT2D eigenvalue weighted by Crippen LogP contribution is -2.43. The van der Waals surface area contributed by atoms with Gasteiger partial charge in [0.05, 0.1) is 12.2 Å². The number of alkyl halides is 3. The van der Waals surface area contributed by atoms with E-state index in [-0.39, 0.29) is 12.1 Å². The molecule has 1 N–H and O–H groups in total. The number of aliphatic carboxylic acids is 1. The Morgan fingerprint density at radius 2 is 1.57 bits per heavy atom. The van der Waals surface area contributed by atoms with Crippen LogP contribution in [0.25, 0.3) is 0 Å². The van der Waals surface area contributed by atoms with Crippen LogP contribution >= 0.6 is 0 Å². The minimum atomic E-state index is -5.03. The molecule has 0 spiro atoms. The Bertz CT molecular complexity index is 705. The van der Waals surface area contributed by atoms with E-state index in [1.54, 1.807) is 0 Å². The number of carboxylic acid groups (broad SMARTS) is 1. The van der Waals surface area contributed by atoms with Crippen molar-refractivity contribution in [2.24, 2.45) is 0 Å². The van der Waals surface area contributed by atoms with Crippen molar-refractivity contribution in [2.45, 2.75) is 24.3 Å². The highest BCUT2D eigenvalue weighted by Gasteiger charge is 2.50. The molecule has 1 unspecified atom stereocenters. The molecule has 0 fully saturated rings. The van der Waals surface area contributed by atoms with E-state index in [1.807, 2.05) is 0 Å². The van der Waals surface area contributed by atoms with Crippen LogP contribution in [0.4, 0.5) is 26.3 Å².